The quantitative estimate of drug-likeness (QED) is 0.293. The molecule has 0 saturated carbocycles. The molecule has 2 rings (SSSR count). The lowest BCUT2D eigenvalue weighted by atomic mass is 10.1. The van der Waals surface area contributed by atoms with Crippen LogP contribution in [-0.4, -0.2) is 50.3 Å². The molecule has 0 amide bonds. The fraction of sp³-hybridized carbons (Fsp3) is 0.375. The van der Waals surface area contributed by atoms with Crippen molar-refractivity contribution in [1.82, 2.24) is 4.72 Å². The Morgan fingerprint density at radius 3 is 2.36 bits per heavy atom. The second-order valence-electron chi connectivity index (χ2n) is 5.73. The zero-order valence-corrected chi connectivity index (χ0v) is 15.7. The number of nitro groups is 1. The van der Waals surface area contributed by atoms with Crippen molar-refractivity contribution in [2.24, 2.45) is 0 Å². The van der Waals surface area contributed by atoms with Gasteiger partial charge < -0.3 is 14.2 Å². The molecular formula is C16H18N2O9S. The summed E-state index contributed by atoms with van der Waals surface area (Å²) in [5.41, 5.74) is -0.251. The molecule has 1 N–H and O–H groups in total. The van der Waals surface area contributed by atoms with E-state index in [1.807, 2.05) is 0 Å². The number of nitrogens with one attached hydrogen (secondary N) is 1. The molecule has 1 aliphatic rings. The average molecular weight is 414 g/mol. The van der Waals surface area contributed by atoms with Crippen LogP contribution in [0.25, 0.3) is 0 Å². The second-order valence-corrected chi connectivity index (χ2v) is 7.44. The van der Waals surface area contributed by atoms with Gasteiger partial charge in [-0.15, -0.1) is 0 Å². The van der Waals surface area contributed by atoms with Crippen LogP contribution in [0.3, 0.4) is 0 Å². The number of nitrogens with zero attached hydrogens (tertiary/aromatic N) is 1. The number of hydrogen-bond donors (Lipinski definition) is 1. The molecule has 0 unspecified atom stereocenters. The van der Waals surface area contributed by atoms with E-state index in [1.165, 1.54) is 26.0 Å². The number of rotatable bonds is 7. The maximum Gasteiger partial charge on any atom is 0.303 e. The highest BCUT2D eigenvalue weighted by atomic mass is 32.2. The van der Waals surface area contributed by atoms with Gasteiger partial charge in [0.25, 0.3) is 5.69 Å². The van der Waals surface area contributed by atoms with Crippen molar-refractivity contribution in [3.8, 4) is 0 Å². The molecule has 3 atom stereocenters. The van der Waals surface area contributed by atoms with Gasteiger partial charge in [0.05, 0.1) is 9.82 Å². The van der Waals surface area contributed by atoms with Gasteiger partial charge in [-0.05, 0) is 24.3 Å². The summed E-state index contributed by atoms with van der Waals surface area (Å²) in [5.74, 6) is -1.17. The summed E-state index contributed by atoms with van der Waals surface area (Å²) in [7, 11) is -4.06. The molecule has 1 heterocycles. The molecule has 0 aromatic heterocycles. The van der Waals surface area contributed by atoms with E-state index >= 15 is 0 Å². The van der Waals surface area contributed by atoms with E-state index in [1.54, 1.807) is 0 Å². The van der Waals surface area contributed by atoms with E-state index in [4.69, 9.17) is 14.2 Å². The van der Waals surface area contributed by atoms with Crippen molar-refractivity contribution in [3.05, 3.63) is 46.5 Å². The monoisotopic (exact) mass is 414 g/mol. The molecule has 0 saturated heterocycles. The number of carbonyl (C=O) groups is 2. The van der Waals surface area contributed by atoms with Crippen LogP contribution in [0.1, 0.15) is 13.8 Å². The lowest BCUT2D eigenvalue weighted by Gasteiger charge is -2.31. The molecule has 12 heteroatoms. The van der Waals surface area contributed by atoms with Crippen LogP contribution in [0.15, 0.2) is 41.3 Å². The SMILES string of the molecule is CC(=O)OC[C@H]1O[C@H](NS(=O)(=O)c2ccc([N+](=O)[O-])cc2)C=C[C@@H]1OC(C)=O. The third-order valence-corrected chi connectivity index (χ3v) is 4.98. The van der Waals surface area contributed by atoms with Crippen LogP contribution in [-0.2, 0) is 33.8 Å². The van der Waals surface area contributed by atoms with Gasteiger partial charge in [0.1, 0.15) is 25.0 Å². The number of benzene rings is 1. The minimum atomic E-state index is -4.06. The normalized spacial score (nSPS) is 21.7. The zero-order valence-electron chi connectivity index (χ0n) is 14.9. The summed E-state index contributed by atoms with van der Waals surface area (Å²) < 4.78 is 42.6. The summed E-state index contributed by atoms with van der Waals surface area (Å²) in [4.78, 5) is 32.0. The molecular weight excluding hydrogens is 396 g/mol. The van der Waals surface area contributed by atoms with E-state index in [-0.39, 0.29) is 17.2 Å². The van der Waals surface area contributed by atoms with Crippen LogP contribution >= 0.6 is 0 Å². The Morgan fingerprint density at radius 2 is 1.82 bits per heavy atom. The number of sulfonamides is 1. The van der Waals surface area contributed by atoms with Crippen molar-refractivity contribution in [3.63, 3.8) is 0 Å². The number of nitro benzene ring substituents is 1. The highest BCUT2D eigenvalue weighted by Crippen LogP contribution is 2.20. The maximum atomic E-state index is 12.4. The Balaban J connectivity index is 2.14. The van der Waals surface area contributed by atoms with E-state index in [0.717, 1.165) is 24.3 Å². The van der Waals surface area contributed by atoms with E-state index < -0.39 is 45.3 Å². The Hall–Kier alpha value is -2.83. The molecule has 0 radical (unpaired) electrons. The summed E-state index contributed by atoms with van der Waals surface area (Å²) in [6, 6.07) is 4.30. The van der Waals surface area contributed by atoms with E-state index in [9.17, 15) is 28.1 Å². The van der Waals surface area contributed by atoms with Gasteiger partial charge in [0.15, 0.2) is 0 Å². The van der Waals surface area contributed by atoms with E-state index in [0.29, 0.717) is 0 Å². The van der Waals surface area contributed by atoms with Gasteiger partial charge in [-0.2, -0.15) is 4.72 Å². The average Bonchev–Trinajstić information content (AvgIpc) is 2.61. The lowest BCUT2D eigenvalue weighted by molar-refractivity contribution is -0.384. The Kier molecular flexibility index (Phi) is 6.83. The van der Waals surface area contributed by atoms with Crippen LogP contribution in [0.4, 0.5) is 5.69 Å². The Labute approximate surface area is 160 Å². The zero-order chi connectivity index (χ0) is 20.9. The van der Waals surface area contributed by atoms with Gasteiger partial charge in [0, 0.05) is 26.0 Å². The van der Waals surface area contributed by atoms with Crippen LogP contribution in [0, 0.1) is 10.1 Å². The van der Waals surface area contributed by atoms with Crippen LogP contribution in [0.2, 0.25) is 0 Å². The smallest absolute Gasteiger partial charge is 0.303 e. The minimum absolute atomic E-state index is 0.200. The number of non-ortho nitro benzene ring substituents is 1. The summed E-state index contributed by atoms with van der Waals surface area (Å²) in [5, 5.41) is 10.7. The molecule has 0 spiro atoms. The fourth-order valence-electron chi connectivity index (χ4n) is 2.32. The second kappa shape index (κ2) is 8.91. The van der Waals surface area contributed by atoms with Gasteiger partial charge >= 0.3 is 11.9 Å². The highest BCUT2D eigenvalue weighted by molar-refractivity contribution is 7.89. The third-order valence-electron chi connectivity index (χ3n) is 3.55. The molecule has 1 aromatic rings. The summed E-state index contributed by atoms with van der Waals surface area (Å²) >= 11 is 0. The predicted octanol–water partition coefficient (Wildman–Crippen LogP) is 0.649. The first-order valence-electron chi connectivity index (χ1n) is 7.99. The standard InChI is InChI=1S/C16H18N2O9S/c1-10(19)25-9-15-14(26-11(2)20)7-8-16(27-15)17-28(23,24)13-5-3-12(4-6-13)18(21)22/h3-8,14-17H,9H2,1-2H3/t14-,15+,16-/m0/s1. The van der Waals surface area contributed by atoms with Crippen molar-refractivity contribution < 1.29 is 37.1 Å². The first-order valence-corrected chi connectivity index (χ1v) is 9.48. The highest BCUT2D eigenvalue weighted by Gasteiger charge is 2.32. The lowest BCUT2D eigenvalue weighted by Crippen LogP contribution is -2.47. The third kappa shape index (κ3) is 5.84. The first-order chi connectivity index (χ1) is 13.1. The largest absolute Gasteiger partial charge is 0.463 e. The van der Waals surface area contributed by atoms with Crippen molar-refractivity contribution in [2.75, 3.05) is 6.61 Å². The predicted molar refractivity (Wildman–Crippen MR) is 93.4 cm³/mol. The van der Waals surface area contributed by atoms with Crippen molar-refractivity contribution in [2.45, 2.75) is 37.2 Å². The molecule has 28 heavy (non-hydrogen) atoms. The fourth-order valence-corrected chi connectivity index (χ4v) is 3.39. The minimum Gasteiger partial charge on any atom is -0.463 e. The number of esters is 2. The first kappa shape index (κ1) is 21.5. The molecule has 1 aromatic carbocycles. The Bertz CT molecular complexity index is 880. The van der Waals surface area contributed by atoms with Crippen molar-refractivity contribution >= 4 is 27.6 Å². The summed E-state index contributed by atoms with van der Waals surface area (Å²) in [6.45, 7) is 2.13. The molecule has 11 nitrogen and oxygen atoms in total. The van der Waals surface area contributed by atoms with E-state index in [2.05, 4.69) is 4.72 Å². The van der Waals surface area contributed by atoms with Gasteiger partial charge in [0.2, 0.25) is 10.0 Å². The van der Waals surface area contributed by atoms with Crippen LogP contribution < -0.4 is 4.72 Å². The number of carbonyl (C=O) groups excluding carboxylic acids is 2. The Morgan fingerprint density at radius 1 is 1.18 bits per heavy atom. The molecule has 0 bridgehead atoms. The van der Waals surface area contributed by atoms with Gasteiger partial charge in [-0.25, -0.2) is 8.42 Å². The number of hydrogen-bond acceptors (Lipinski definition) is 9. The van der Waals surface area contributed by atoms with Gasteiger partial charge in [-0.1, -0.05) is 0 Å². The molecule has 1 aliphatic heterocycles. The van der Waals surface area contributed by atoms with Crippen molar-refractivity contribution in [1.29, 1.82) is 0 Å². The molecule has 152 valence electrons. The molecule has 0 aliphatic carbocycles. The molecule has 0 fully saturated rings. The van der Waals surface area contributed by atoms with Gasteiger partial charge in [-0.3, -0.25) is 19.7 Å². The van der Waals surface area contributed by atoms with Crippen LogP contribution in [0.5, 0.6) is 0 Å². The topological polar surface area (TPSA) is 151 Å². The number of ether oxygens (including phenoxy) is 3. The maximum absolute atomic E-state index is 12.4. The summed E-state index contributed by atoms with van der Waals surface area (Å²) in [6.07, 6.45) is -0.171.